The van der Waals surface area contributed by atoms with E-state index in [4.69, 9.17) is 13.3 Å². The molecule has 56 heavy (non-hydrogen) atoms. The summed E-state index contributed by atoms with van der Waals surface area (Å²) < 4.78 is 19.4. The molecule has 0 aliphatic heterocycles. The Labute approximate surface area is 321 Å². The highest BCUT2D eigenvalue weighted by Gasteiger charge is 2.21. The lowest BCUT2D eigenvalue weighted by Gasteiger charge is -2.26. The maximum absolute atomic E-state index is 6.61. The maximum atomic E-state index is 6.61. The smallest absolute Gasteiger partial charge is 0.159 e. The minimum Gasteiger partial charge on any atom is -0.456 e. The summed E-state index contributed by atoms with van der Waals surface area (Å²) in [4.78, 5) is 2.29. The van der Waals surface area contributed by atoms with E-state index in [0.717, 1.165) is 111 Å². The average Bonchev–Trinajstić information content (AvgIpc) is 3.96. The zero-order valence-corrected chi connectivity index (χ0v) is 30.1. The molecule has 0 aliphatic rings. The van der Waals surface area contributed by atoms with Crippen molar-refractivity contribution in [2.45, 2.75) is 0 Å². The van der Waals surface area contributed by atoms with Crippen molar-refractivity contribution in [3.05, 3.63) is 188 Å². The molecule has 0 amide bonds. The molecular weight excluding hydrogens is 687 g/mol. The number of rotatable bonds is 5. The minimum atomic E-state index is 0.846. The van der Waals surface area contributed by atoms with Gasteiger partial charge in [-0.1, -0.05) is 121 Å². The lowest BCUT2D eigenvalue weighted by Crippen LogP contribution is -2.10. The molecule has 4 nitrogen and oxygen atoms in total. The molecule has 0 saturated heterocycles. The number of anilines is 3. The maximum Gasteiger partial charge on any atom is 0.159 e. The number of hydrogen-bond acceptors (Lipinski definition) is 4. The standard InChI is InChI=1S/C52H31NO3/c1-2-10-39-33(9-1)23-30-44-50-38(13-8-18-48(50)56-51(39)44)34-21-27-37(28-22-34)53(45-15-7-14-43-41-12-4-6-17-47(41)55-52(43)45)36-25-19-32(20-26-36)35-24-29-42-40-11-3-5-16-46(40)54-49(42)31-35/h1-31H. The molecule has 0 fully saturated rings. The van der Waals surface area contributed by atoms with E-state index in [1.54, 1.807) is 0 Å². The molecule has 262 valence electrons. The van der Waals surface area contributed by atoms with Gasteiger partial charge in [-0.2, -0.15) is 0 Å². The van der Waals surface area contributed by atoms with Gasteiger partial charge in [-0.25, -0.2) is 0 Å². The van der Waals surface area contributed by atoms with Crippen LogP contribution >= 0.6 is 0 Å². The summed E-state index contributed by atoms with van der Waals surface area (Å²) in [5.41, 5.74) is 12.8. The molecule has 0 saturated carbocycles. The normalized spacial score (nSPS) is 11.9. The first-order chi connectivity index (χ1) is 27.7. The lowest BCUT2D eigenvalue weighted by molar-refractivity contribution is 0.668. The van der Waals surface area contributed by atoms with E-state index in [-0.39, 0.29) is 0 Å². The van der Waals surface area contributed by atoms with E-state index in [0.29, 0.717) is 0 Å². The van der Waals surface area contributed by atoms with E-state index in [2.05, 4.69) is 169 Å². The molecule has 0 unspecified atom stereocenters. The van der Waals surface area contributed by atoms with Crippen LogP contribution in [0.4, 0.5) is 17.1 Å². The summed E-state index contributed by atoms with van der Waals surface area (Å²) in [6.07, 6.45) is 0. The minimum absolute atomic E-state index is 0.846. The third kappa shape index (κ3) is 4.66. The van der Waals surface area contributed by atoms with Crippen LogP contribution in [0, 0.1) is 0 Å². The summed E-state index contributed by atoms with van der Waals surface area (Å²) >= 11 is 0. The van der Waals surface area contributed by atoms with Gasteiger partial charge in [-0.3, -0.25) is 0 Å². The van der Waals surface area contributed by atoms with Gasteiger partial charge in [0, 0.05) is 49.1 Å². The lowest BCUT2D eigenvalue weighted by atomic mass is 9.98. The predicted octanol–water partition coefficient (Wildman–Crippen LogP) is 15.3. The third-order valence-electron chi connectivity index (χ3n) is 11.3. The number of hydrogen-bond donors (Lipinski definition) is 0. The van der Waals surface area contributed by atoms with Crippen LogP contribution in [0.3, 0.4) is 0 Å². The van der Waals surface area contributed by atoms with Crippen molar-refractivity contribution < 1.29 is 13.3 Å². The average molecular weight is 718 g/mol. The molecule has 4 heteroatoms. The summed E-state index contributed by atoms with van der Waals surface area (Å²) in [7, 11) is 0. The van der Waals surface area contributed by atoms with Crippen molar-refractivity contribution in [1.82, 2.24) is 0 Å². The monoisotopic (exact) mass is 717 g/mol. The van der Waals surface area contributed by atoms with Gasteiger partial charge < -0.3 is 18.2 Å². The molecule has 0 spiro atoms. The van der Waals surface area contributed by atoms with Crippen LogP contribution in [-0.2, 0) is 0 Å². The van der Waals surface area contributed by atoms with Crippen molar-refractivity contribution in [3.63, 3.8) is 0 Å². The Morgan fingerprint density at radius 2 is 0.893 bits per heavy atom. The quantitative estimate of drug-likeness (QED) is 0.178. The first-order valence-corrected chi connectivity index (χ1v) is 18.9. The summed E-state index contributed by atoms with van der Waals surface area (Å²) in [5.74, 6) is 0. The molecule has 12 rings (SSSR count). The van der Waals surface area contributed by atoms with Crippen molar-refractivity contribution in [1.29, 1.82) is 0 Å². The molecule has 0 aliphatic carbocycles. The van der Waals surface area contributed by atoms with Crippen LogP contribution in [-0.4, -0.2) is 0 Å². The molecule has 12 aromatic rings. The van der Waals surface area contributed by atoms with Crippen molar-refractivity contribution in [3.8, 4) is 22.3 Å². The first kappa shape index (κ1) is 30.9. The second-order valence-electron chi connectivity index (χ2n) is 14.4. The highest BCUT2D eigenvalue weighted by Crippen LogP contribution is 2.44. The Morgan fingerprint density at radius 1 is 0.321 bits per heavy atom. The zero-order valence-electron chi connectivity index (χ0n) is 30.1. The molecule has 9 aromatic carbocycles. The van der Waals surface area contributed by atoms with Crippen LogP contribution in [0.25, 0.3) is 98.8 Å². The van der Waals surface area contributed by atoms with Crippen molar-refractivity contribution in [2.75, 3.05) is 4.90 Å². The highest BCUT2D eigenvalue weighted by atomic mass is 16.3. The van der Waals surface area contributed by atoms with Gasteiger partial charge in [-0.15, -0.1) is 0 Å². The summed E-state index contributed by atoms with van der Waals surface area (Å²) in [5, 5.41) is 8.99. The Hall–Kier alpha value is -7.56. The van der Waals surface area contributed by atoms with Crippen LogP contribution in [0.1, 0.15) is 0 Å². The topological polar surface area (TPSA) is 42.7 Å². The highest BCUT2D eigenvalue weighted by molar-refractivity contribution is 6.19. The number of benzene rings is 9. The van der Waals surface area contributed by atoms with Gasteiger partial charge in [-0.05, 0) is 94.4 Å². The first-order valence-electron chi connectivity index (χ1n) is 18.9. The molecule has 0 bridgehead atoms. The van der Waals surface area contributed by atoms with E-state index < -0.39 is 0 Å². The molecule has 3 aromatic heterocycles. The molecule has 0 atom stereocenters. The van der Waals surface area contributed by atoms with E-state index in [1.165, 1.54) is 5.39 Å². The Balaban J connectivity index is 0.988. The van der Waals surface area contributed by atoms with E-state index in [9.17, 15) is 0 Å². The van der Waals surface area contributed by atoms with E-state index >= 15 is 0 Å². The van der Waals surface area contributed by atoms with Crippen LogP contribution in [0.2, 0.25) is 0 Å². The second-order valence-corrected chi connectivity index (χ2v) is 14.4. The van der Waals surface area contributed by atoms with Crippen molar-refractivity contribution in [2.24, 2.45) is 0 Å². The fourth-order valence-corrected chi connectivity index (χ4v) is 8.63. The fourth-order valence-electron chi connectivity index (χ4n) is 8.63. The van der Waals surface area contributed by atoms with Crippen LogP contribution < -0.4 is 4.90 Å². The summed E-state index contributed by atoms with van der Waals surface area (Å²) in [6.45, 7) is 0. The Kier molecular flexibility index (Phi) is 6.60. The number of nitrogens with zero attached hydrogens (tertiary/aromatic N) is 1. The number of para-hydroxylation sites is 3. The largest absolute Gasteiger partial charge is 0.456 e. The zero-order chi connectivity index (χ0) is 36.7. The van der Waals surface area contributed by atoms with Gasteiger partial charge in [0.25, 0.3) is 0 Å². The van der Waals surface area contributed by atoms with Crippen LogP contribution in [0.15, 0.2) is 201 Å². The molecular formula is C52H31NO3. The van der Waals surface area contributed by atoms with Gasteiger partial charge in [0.15, 0.2) is 5.58 Å². The molecule has 3 heterocycles. The number of fused-ring (bicyclic) bond motifs is 11. The SMILES string of the molecule is c1ccc2c(c1)ccc1c2oc2cccc(-c3ccc(N(c4ccc(-c5ccc6c(c5)oc5ccccc56)cc4)c4cccc5c4oc4ccccc45)cc3)c21. The van der Waals surface area contributed by atoms with Gasteiger partial charge in [0.1, 0.15) is 27.9 Å². The van der Waals surface area contributed by atoms with Gasteiger partial charge >= 0.3 is 0 Å². The Bertz CT molecular complexity index is 3470. The fraction of sp³-hybridized carbons (Fsp3) is 0. The molecule has 0 N–H and O–H groups in total. The van der Waals surface area contributed by atoms with Crippen molar-refractivity contribution >= 4 is 93.7 Å². The number of furan rings is 3. The van der Waals surface area contributed by atoms with Crippen LogP contribution in [0.5, 0.6) is 0 Å². The van der Waals surface area contributed by atoms with E-state index in [1.807, 2.05) is 24.3 Å². The molecule has 0 radical (unpaired) electrons. The second kappa shape index (κ2) is 12.0. The van der Waals surface area contributed by atoms with Gasteiger partial charge in [0.05, 0.1) is 5.69 Å². The third-order valence-corrected chi connectivity index (χ3v) is 11.3. The Morgan fingerprint density at radius 3 is 1.70 bits per heavy atom. The summed E-state index contributed by atoms with van der Waals surface area (Å²) in [6, 6.07) is 66.1. The predicted molar refractivity (Wildman–Crippen MR) is 231 cm³/mol. The van der Waals surface area contributed by atoms with Gasteiger partial charge in [0.2, 0.25) is 0 Å².